The number of aryl methyl sites for hydroxylation is 1. The molecule has 1 amide bonds. The zero-order valence-electron chi connectivity index (χ0n) is 14.5. The van der Waals surface area contributed by atoms with Crippen LogP contribution in [0.2, 0.25) is 5.02 Å². The molecule has 0 aliphatic carbocycles. The second-order valence-electron chi connectivity index (χ2n) is 5.89. The van der Waals surface area contributed by atoms with E-state index >= 15 is 0 Å². The van der Waals surface area contributed by atoms with Crippen molar-refractivity contribution in [2.24, 2.45) is 5.73 Å². The van der Waals surface area contributed by atoms with Crippen molar-refractivity contribution >= 4 is 29.9 Å². The van der Waals surface area contributed by atoms with E-state index in [2.05, 4.69) is 5.32 Å². The van der Waals surface area contributed by atoms with Gasteiger partial charge >= 0.3 is 0 Å². The lowest BCUT2D eigenvalue weighted by Gasteiger charge is -2.25. The molecule has 4 nitrogen and oxygen atoms in total. The number of carbonyl (C=O) groups excluding carboxylic acids is 1. The first-order chi connectivity index (χ1) is 11.4. The Morgan fingerprint density at radius 2 is 1.60 bits per heavy atom. The summed E-state index contributed by atoms with van der Waals surface area (Å²) < 4.78 is 5.54. The van der Waals surface area contributed by atoms with E-state index in [1.165, 1.54) is 0 Å². The number of rotatable bonds is 6. The molecule has 0 spiro atoms. The van der Waals surface area contributed by atoms with Gasteiger partial charge in [0.25, 0.3) is 0 Å². The zero-order valence-corrected chi connectivity index (χ0v) is 16.1. The third-order valence-electron chi connectivity index (χ3n) is 4.00. The minimum absolute atomic E-state index is 0. The number of nitrogens with two attached hydrogens (primary N) is 1. The van der Waals surface area contributed by atoms with Gasteiger partial charge in [-0.2, -0.15) is 0 Å². The summed E-state index contributed by atoms with van der Waals surface area (Å²) in [5.41, 5.74) is 8.92. The summed E-state index contributed by atoms with van der Waals surface area (Å²) in [7, 11) is 1.61. The Labute approximate surface area is 160 Å². The van der Waals surface area contributed by atoms with Crippen LogP contribution in [0.5, 0.6) is 0 Å². The van der Waals surface area contributed by atoms with Crippen molar-refractivity contribution in [2.75, 3.05) is 7.11 Å². The molecule has 25 heavy (non-hydrogen) atoms. The van der Waals surface area contributed by atoms with E-state index < -0.39 is 6.04 Å². The first-order valence-corrected chi connectivity index (χ1v) is 8.21. The third-order valence-corrected chi connectivity index (χ3v) is 4.25. The quantitative estimate of drug-likeness (QED) is 0.794. The molecule has 3 unspecified atom stereocenters. The monoisotopic (exact) mass is 382 g/mol. The minimum Gasteiger partial charge on any atom is -0.375 e. The van der Waals surface area contributed by atoms with Gasteiger partial charge in [-0.15, -0.1) is 12.4 Å². The van der Waals surface area contributed by atoms with Crippen molar-refractivity contribution in [1.82, 2.24) is 5.32 Å². The standard InChI is InChI=1S/C19H23ClN2O2.ClH/c1-12-4-6-14(7-5-12)17(21)19(23)22-13(2)18(24-3)15-8-10-16(20)11-9-15;/h4-11,13,17-18H,21H2,1-3H3,(H,22,23);1H. The molecule has 0 bridgehead atoms. The highest BCUT2D eigenvalue weighted by atomic mass is 35.5. The molecule has 136 valence electrons. The van der Waals surface area contributed by atoms with Crippen LogP contribution in [0.25, 0.3) is 0 Å². The van der Waals surface area contributed by atoms with E-state index in [1.807, 2.05) is 50.2 Å². The largest absolute Gasteiger partial charge is 0.375 e. The van der Waals surface area contributed by atoms with Crippen LogP contribution < -0.4 is 11.1 Å². The molecule has 0 radical (unpaired) electrons. The second-order valence-corrected chi connectivity index (χ2v) is 6.33. The molecule has 3 atom stereocenters. The summed E-state index contributed by atoms with van der Waals surface area (Å²) >= 11 is 5.92. The molecule has 0 fully saturated rings. The summed E-state index contributed by atoms with van der Waals surface area (Å²) in [6.45, 7) is 3.88. The van der Waals surface area contributed by atoms with Gasteiger partial charge in [0.1, 0.15) is 12.1 Å². The lowest BCUT2D eigenvalue weighted by molar-refractivity contribution is -0.124. The Hall–Kier alpha value is -1.59. The minimum atomic E-state index is -0.712. The number of amides is 1. The van der Waals surface area contributed by atoms with Crippen LogP contribution in [0.3, 0.4) is 0 Å². The van der Waals surface area contributed by atoms with Gasteiger partial charge in [-0.25, -0.2) is 0 Å². The third kappa shape index (κ3) is 5.72. The van der Waals surface area contributed by atoms with Gasteiger partial charge in [-0.05, 0) is 37.1 Å². The summed E-state index contributed by atoms with van der Waals surface area (Å²) in [4.78, 5) is 12.4. The van der Waals surface area contributed by atoms with Crippen LogP contribution in [0.4, 0.5) is 0 Å². The number of benzene rings is 2. The van der Waals surface area contributed by atoms with Gasteiger partial charge in [0.05, 0.1) is 6.04 Å². The highest BCUT2D eigenvalue weighted by molar-refractivity contribution is 6.30. The zero-order chi connectivity index (χ0) is 17.7. The van der Waals surface area contributed by atoms with Crippen molar-refractivity contribution in [3.63, 3.8) is 0 Å². The number of hydrogen-bond donors (Lipinski definition) is 2. The summed E-state index contributed by atoms with van der Waals surface area (Å²) in [6.07, 6.45) is -0.281. The van der Waals surface area contributed by atoms with Crippen molar-refractivity contribution in [2.45, 2.75) is 32.0 Å². The van der Waals surface area contributed by atoms with E-state index in [9.17, 15) is 4.79 Å². The van der Waals surface area contributed by atoms with Crippen molar-refractivity contribution < 1.29 is 9.53 Å². The lowest BCUT2D eigenvalue weighted by Crippen LogP contribution is -2.42. The summed E-state index contributed by atoms with van der Waals surface area (Å²) in [5.74, 6) is -0.234. The SMILES string of the molecule is COC(c1ccc(Cl)cc1)C(C)NC(=O)C(N)c1ccc(C)cc1.Cl. The molecule has 2 rings (SSSR count). The van der Waals surface area contributed by atoms with Crippen LogP contribution in [0, 0.1) is 6.92 Å². The number of methoxy groups -OCH3 is 1. The van der Waals surface area contributed by atoms with E-state index in [1.54, 1.807) is 19.2 Å². The predicted octanol–water partition coefficient (Wildman–Crippen LogP) is 3.96. The maximum Gasteiger partial charge on any atom is 0.241 e. The molecule has 2 aromatic carbocycles. The van der Waals surface area contributed by atoms with Gasteiger partial charge < -0.3 is 15.8 Å². The van der Waals surface area contributed by atoms with Crippen LogP contribution in [0.1, 0.15) is 35.8 Å². The maximum absolute atomic E-state index is 12.4. The average molecular weight is 383 g/mol. The van der Waals surface area contributed by atoms with Gasteiger partial charge in [-0.1, -0.05) is 53.6 Å². The van der Waals surface area contributed by atoms with Crippen molar-refractivity contribution in [1.29, 1.82) is 0 Å². The Kier molecular flexibility index (Phi) is 8.39. The Balaban J connectivity index is 0.00000312. The number of hydrogen-bond acceptors (Lipinski definition) is 3. The van der Waals surface area contributed by atoms with Gasteiger partial charge in [0.15, 0.2) is 0 Å². The van der Waals surface area contributed by atoms with E-state index in [4.69, 9.17) is 22.1 Å². The molecule has 0 saturated carbocycles. The van der Waals surface area contributed by atoms with Crippen LogP contribution in [0.15, 0.2) is 48.5 Å². The molecule has 0 aliphatic heterocycles. The molecule has 6 heteroatoms. The topological polar surface area (TPSA) is 64.3 Å². The van der Waals surface area contributed by atoms with Crippen LogP contribution in [-0.2, 0) is 9.53 Å². The smallest absolute Gasteiger partial charge is 0.241 e. The normalized spacial score (nSPS) is 14.1. The first-order valence-electron chi connectivity index (χ1n) is 7.83. The van der Waals surface area contributed by atoms with E-state index in [-0.39, 0.29) is 30.5 Å². The number of nitrogens with one attached hydrogen (secondary N) is 1. The highest BCUT2D eigenvalue weighted by Gasteiger charge is 2.24. The van der Waals surface area contributed by atoms with E-state index in [0.717, 1.165) is 16.7 Å². The molecule has 0 aromatic heterocycles. The Morgan fingerprint density at radius 3 is 2.12 bits per heavy atom. The second kappa shape index (κ2) is 9.78. The van der Waals surface area contributed by atoms with Gasteiger partial charge in [0.2, 0.25) is 5.91 Å². The van der Waals surface area contributed by atoms with Crippen molar-refractivity contribution in [3.05, 3.63) is 70.2 Å². The Bertz CT molecular complexity index is 675. The van der Waals surface area contributed by atoms with Crippen LogP contribution in [-0.4, -0.2) is 19.1 Å². The number of ether oxygens (including phenoxy) is 1. The molecular weight excluding hydrogens is 359 g/mol. The fraction of sp³-hybridized carbons (Fsp3) is 0.316. The molecule has 3 N–H and O–H groups in total. The fourth-order valence-corrected chi connectivity index (χ4v) is 2.72. The summed E-state index contributed by atoms with van der Waals surface area (Å²) in [6, 6.07) is 14.1. The predicted molar refractivity (Wildman–Crippen MR) is 104 cm³/mol. The van der Waals surface area contributed by atoms with E-state index in [0.29, 0.717) is 5.02 Å². The molecule has 0 heterocycles. The van der Waals surface area contributed by atoms with Crippen molar-refractivity contribution in [3.8, 4) is 0 Å². The number of carbonyl (C=O) groups is 1. The average Bonchev–Trinajstić information content (AvgIpc) is 2.57. The van der Waals surface area contributed by atoms with Gasteiger partial charge in [-0.3, -0.25) is 4.79 Å². The maximum atomic E-state index is 12.4. The Morgan fingerprint density at radius 1 is 1.08 bits per heavy atom. The summed E-state index contributed by atoms with van der Waals surface area (Å²) in [5, 5.41) is 3.59. The lowest BCUT2D eigenvalue weighted by atomic mass is 10.0. The first kappa shape index (κ1) is 21.5. The molecule has 0 aliphatic rings. The highest BCUT2D eigenvalue weighted by Crippen LogP contribution is 2.23. The molecule has 0 saturated heterocycles. The fourth-order valence-electron chi connectivity index (χ4n) is 2.60. The number of halogens is 2. The van der Waals surface area contributed by atoms with Gasteiger partial charge in [0, 0.05) is 12.1 Å². The molecular formula is C19H24Cl2N2O2. The van der Waals surface area contributed by atoms with Crippen LogP contribution >= 0.6 is 24.0 Å². The molecule has 2 aromatic rings.